The number of carboxylic acids is 1. The second kappa shape index (κ2) is 19.4. The summed E-state index contributed by atoms with van der Waals surface area (Å²) in [5, 5.41) is 14.6. The Morgan fingerprint density at radius 2 is 1.55 bits per heavy atom. The molecule has 4 aliphatic heterocycles. The van der Waals surface area contributed by atoms with E-state index in [-0.39, 0.29) is 84.0 Å². The third-order valence-corrected chi connectivity index (χ3v) is 13.0. The number of rotatable bonds is 14. The van der Waals surface area contributed by atoms with Crippen molar-refractivity contribution in [3.63, 3.8) is 0 Å². The number of carboxylic acid groups (broad SMARTS) is 1. The molecule has 3 saturated heterocycles. The van der Waals surface area contributed by atoms with Crippen LogP contribution in [0.15, 0.2) is 48.7 Å². The summed E-state index contributed by atoms with van der Waals surface area (Å²) in [6.45, 7) is 2.06. The van der Waals surface area contributed by atoms with Crippen LogP contribution < -0.4 is 31.7 Å². The number of imide groups is 2. The van der Waals surface area contributed by atoms with Gasteiger partial charge in [0.05, 0.1) is 29.6 Å². The molecule has 67 heavy (non-hydrogen) atoms. The van der Waals surface area contributed by atoms with Gasteiger partial charge < -0.3 is 41.3 Å². The van der Waals surface area contributed by atoms with Gasteiger partial charge in [0.2, 0.25) is 23.7 Å². The van der Waals surface area contributed by atoms with Crippen molar-refractivity contribution in [1.82, 2.24) is 45.3 Å². The van der Waals surface area contributed by atoms with Crippen LogP contribution >= 0.6 is 0 Å². The van der Waals surface area contributed by atoms with Gasteiger partial charge in [0.25, 0.3) is 23.6 Å². The first-order chi connectivity index (χ1) is 32.1. The molecule has 0 radical (unpaired) electrons. The van der Waals surface area contributed by atoms with Crippen LogP contribution in [0.5, 0.6) is 5.75 Å². The first kappa shape index (κ1) is 45.8. The molecule has 22 nitrogen and oxygen atoms in total. The average Bonchev–Trinajstić information content (AvgIpc) is 3.58. The number of hydrogen-bond donors (Lipinski definition) is 5. The molecule has 0 spiro atoms. The molecule has 0 saturated carbocycles. The summed E-state index contributed by atoms with van der Waals surface area (Å²) in [5.41, 5.74) is 13.8. The number of fused-ring (bicyclic) bond motifs is 2. The van der Waals surface area contributed by atoms with Crippen LogP contribution in [0.4, 0.5) is 17.5 Å². The molecule has 4 aromatic rings. The number of likely N-dealkylation sites (tertiary alicyclic amines) is 2. The van der Waals surface area contributed by atoms with Gasteiger partial charge in [-0.2, -0.15) is 9.97 Å². The maximum atomic E-state index is 13.4. The summed E-state index contributed by atoms with van der Waals surface area (Å²) in [7, 11) is 1.83. The van der Waals surface area contributed by atoms with Gasteiger partial charge in [0.1, 0.15) is 17.8 Å². The predicted octanol–water partition coefficient (Wildman–Crippen LogP) is 1.14. The lowest BCUT2D eigenvalue weighted by Crippen LogP contribution is -2.54. The van der Waals surface area contributed by atoms with Crippen molar-refractivity contribution < 1.29 is 48.2 Å². The van der Waals surface area contributed by atoms with Gasteiger partial charge in [-0.15, -0.1) is 0 Å². The lowest BCUT2D eigenvalue weighted by Gasteiger charge is -2.40. The van der Waals surface area contributed by atoms with Crippen LogP contribution in [0.3, 0.4) is 0 Å². The Labute approximate surface area is 383 Å². The number of aliphatic carboxylic acids is 1. The highest BCUT2D eigenvalue weighted by Crippen LogP contribution is 2.35. The number of carbonyl (C=O) groups excluding carboxylic acids is 7. The maximum absolute atomic E-state index is 13.4. The number of amides is 7. The Morgan fingerprint density at radius 1 is 0.881 bits per heavy atom. The number of nitrogens with zero attached hydrogens (tertiary/aromatic N) is 8. The van der Waals surface area contributed by atoms with E-state index in [9.17, 15) is 43.5 Å². The Hall–Kier alpha value is -7.78. The van der Waals surface area contributed by atoms with Gasteiger partial charge in [-0.1, -0.05) is 6.07 Å². The monoisotopic (exact) mass is 918 g/mol. The van der Waals surface area contributed by atoms with E-state index in [1.54, 1.807) is 40.3 Å². The van der Waals surface area contributed by atoms with Gasteiger partial charge >= 0.3 is 5.97 Å². The zero-order chi connectivity index (χ0) is 47.5. The largest absolute Gasteiger partial charge is 0.483 e. The van der Waals surface area contributed by atoms with Crippen LogP contribution in [0.2, 0.25) is 0 Å². The highest BCUT2D eigenvalue weighted by Gasteiger charge is 2.46. The predicted molar refractivity (Wildman–Crippen MR) is 238 cm³/mol. The Bertz CT molecular complexity index is 2650. The quantitative estimate of drug-likeness (QED) is 0.111. The van der Waals surface area contributed by atoms with Crippen molar-refractivity contribution in [1.29, 1.82) is 0 Å². The van der Waals surface area contributed by atoms with E-state index in [2.05, 4.69) is 30.6 Å². The zero-order valence-corrected chi connectivity index (χ0v) is 36.7. The van der Waals surface area contributed by atoms with Gasteiger partial charge in [-0.3, -0.25) is 43.8 Å². The van der Waals surface area contributed by atoms with Crippen LogP contribution in [0.1, 0.15) is 88.1 Å². The normalized spacial score (nSPS) is 18.4. The SMILES string of the molecule is CN(Cc1cnc2nc(N)nc(N)c2n1)c1ccc(C(=O)NC(CCC(=O)N2CCC(C3CCN(C(=O)COc4cccc5c4C(=O)N(C4CCC(=O)NC4=O)C5=O)CC3)CC2)C(=O)O)cc1. The van der Waals surface area contributed by atoms with Gasteiger partial charge in [-0.25, -0.2) is 14.8 Å². The number of hydrogen-bond acceptors (Lipinski definition) is 16. The molecule has 2 atom stereocenters. The number of nitrogen functional groups attached to an aromatic ring is 2. The van der Waals surface area contributed by atoms with Gasteiger partial charge in [-0.05, 0) is 86.8 Å². The zero-order valence-electron chi connectivity index (χ0n) is 36.7. The molecule has 6 heterocycles. The number of aromatic nitrogens is 4. The van der Waals surface area contributed by atoms with Crippen LogP contribution in [-0.4, -0.2) is 139 Å². The summed E-state index contributed by atoms with van der Waals surface area (Å²) in [5.74, 6) is -3.97. The molecule has 0 bridgehead atoms. The van der Waals surface area contributed by atoms with Crippen molar-refractivity contribution in [3.8, 4) is 5.75 Å². The van der Waals surface area contributed by atoms with E-state index in [0.717, 1.165) is 36.3 Å². The maximum Gasteiger partial charge on any atom is 0.326 e. The molecule has 22 heteroatoms. The summed E-state index contributed by atoms with van der Waals surface area (Å²) < 4.78 is 5.82. The molecule has 7 amide bonds. The average molecular weight is 919 g/mol. The Morgan fingerprint density at radius 3 is 2.21 bits per heavy atom. The molecule has 0 aliphatic carbocycles. The number of carbonyl (C=O) groups is 8. The van der Waals surface area contributed by atoms with Crippen molar-refractivity contribution in [2.24, 2.45) is 11.8 Å². The first-order valence-corrected chi connectivity index (χ1v) is 22.1. The molecule has 2 aromatic heterocycles. The van der Waals surface area contributed by atoms with Crippen LogP contribution in [-0.2, 0) is 30.5 Å². The highest BCUT2D eigenvalue weighted by atomic mass is 16.5. The third kappa shape index (κ3) is 9.92. The van der Waals surface area contributed by atoms with Crippen LogP contribution in [0, 0.1) is 11.8 Å². The fourth-order valence-corrected chi connectivity index (χ4v) is 9.26. The van der Waals surface area contributed by atoms with E-state index in [4.69, 9.17) is 16.2 Å². The lowest BCUT2D eigenvalue weighted by molar-refractivity contribution is -0.140. The van der Waals surface area contributed by atoms with Crippen molar-refractivity contribution in [2.45, 2.75) is 70.0 Å². The van der Waals surface area contributed by atoms with Crippen LogP contribution in [0.25, 0.3) is 11.2 Å². The second-order valence-corrected chi connectivity index (χ2v) is 17.2. The van der Waals surface area contributed by atoms with Gasteiger partial charge in [0, 0.05) is 57.3 Å². The number of nitrogens with one attached hydrogen (secondary N) is 2. The van der Waals surface area contributed by atoms with Crippen molar-refractivity contribution in [3.05, 3.63) is 71.0 Å². The molecular formula is C45H50N12O10. The molecule has 350 valence electrons. The smallest absolute Gasteiger partial charge is 0.326 e. The molecule has 3 fully saturated rings. The van der Waals surface area contributed by atoms with Crippen molar-refractivity contribution >= 4 is 75.9 Å². The summed E-state index contributed by atoms with van der Waals surface area (Å²) in [6, 6.07) is 8.71. The molecule has 8 rings (SSSR count). The first-order valence-electron chi connectivity index (χ1n) is 22.1. The van der Waals surface area contributed by atoms with E-state index in [0.29, 0.717) is 55.8 Å². The molecule has 4 aliphatic rings. The van der Waals surface area contributed by atoms with E-state index < -0.39 is 47.6 Å². The molecular weight excluding hydrogens is 869 g/mol. The minimum absolute atomic E-state index is 0.000898. The van der Waals surface area contributed by atoms with E-state index in [1.807, 2.05) is 11.9 Å². The highest BCUT2D eigenvalue weighted by molar-refractivity contribution is 6.24. The molecule has 2 aromatic carbocycles. The van der Waals surface area contributed by atoms with Crippen molar-refractivity contribution in [2.75, 3.05) is 56.2 Å². The number of piperidine rings is 3. The summed E-state index contributed by atoms with van der Waals surface area (Å²) in [6.07, 6.45) is 4.52. The fourth-order valence-electron chi connectivity index (χ4n) is 9.26. The Balaban J connectivity index is 0.751. The topological polar surface area (TPSA) is 307 Å². The second-order valence-electron chi connectivity index (χ2n) is 17.2. The standard InChI is InChI=1S/C45H50N12O10/c1-54(22-27-21-48-39-37(49-27)38(46)52-45(47)53-39)28-7-5-26(6-8-28)40(61)50-30(44(65)66)9-12-34(59)55-17-13-24(14-18-55)25-15-19-56(20-16-25)35(60)23-67-32-4-2-3-29-36(32)43(64)57(42(29)63)31-10-11-33(58)51-41(31)62/h2-8,21,24-25,30-31H,9-20,22-23H2,1H3,(H,50,61)(H,65,66)(H,51,58,62)(H4,46,47,48,52,53). The minimum Gasteiger partial charge on any atom is -0.483 e. The van der Waals surface area contributed by atoms with Gasteiger partial charge in [0.15, 0.2) is 23.6 Å². The third-order valence-electron chi connectivity index (χ3n) is 13.0. The number of benzene rings is 2. The summed E-state index contributed by atoms with van der Waals surface area (Å²) >= 11 is 0. The number of nitrogens with two attached hydrogens (primary N) is 2. The van der Waals surface area contributed by atoms with E-state index >= 15 is 0 Å². The number of ether oxygens (including phenoxy) is 1. The lowest BCUT2D eigenvalue weighted by atomic mass is 9.78. The van der Waals surface area contributed by atoms with E-state index in [1.165, 1.54) is 18.2 Å². The fraction of sp³-hybridized carbons (Fsp3) is 0.422. The molecule has 7 N–H and O–H groups in total. The summed E-state index contributed by atoms with van der Waals surface area (Å²) in [4.78, 5) is 125. The Kier molecular flexibility index (Phi) is 13.2. The minimum atomic E-state index is -1.27. The number of anilines is 3. The molecule has 2 unspecified atom stereocenters.